The predicted octanol–water partition coefficient (Wildman–Crippen LogP) is 2.89. The van der Waals surface area contributed by atoms with Crippen LogP contribution in [0, 0.1) is 6.92 Å². The second kappa shape index (κ2) is 10.9. The summed E-state index contributed by atoms with van der Waals surface area (Å²) >= 11 is 0. The number of carbonyl (C=O) groups excluding carboxylic acids is 1. The van der Waals surface area contributed by atoms with Crippen LogP contribution in [0.25, 0.3) is 0 Å². The van der Waals surface area contributed by atoms with Crippen LogP contribution in [-0.4, -0.2) is 86.1 Å². The second-order valence-corrected chi connectivity index (χ2v) is 9.01. The van der Waals surface area contributed by atoms with Crippen molar-refractivity contribution in [3.8, 4) is 0 Å². The zero-order valence-electron chi connectivity index (χ0n) is 19.6. The molecule has 4 rings (SSSR count). The topological polar surface area (TPSA) is 42.1 Å². The Balaban J connectivity index is 1.23. The van der Waals surface area contributed by atoms with E-state index in [0.717, 1.165) is 76.7 Å². The van der Waals surface area contributed by atoms with Crippen molar-refractivity contribution >= 4 is 17.3 Å². The van der Waals surface area contributed by atoms with Crippen molar-refractivity contribution in [1.29, 1.82) is 0 Å². The number of piperazine rings is 2. The van der Waals surface area contributed by atoms with E-state index < -0.39 is 0 Å². The summed E-state index contributed by atoms with van der Waals surface area (Å²) in [6.45, 7) is 15.1. The highest BCUT2D eigenvalue weighted by Crippen LogP contribution is 2.24. The van der Waals surface area contributed by atoms with E-state index in [1.54, 1.807) is 0 Å². The lowest BCUT2D eigenvalue weighted by molar-refractivity contribution is -0.117. The van der Waals surface area contributed by atoms with Gasteiger partial charge < -0.3 is 15.1 Å². The van der Waals surface area contributed by atoms with Crippen LogP contribution < -0.4 is 10.2 Å². The SMILES string of the molecule is CCN1CCN(c2ccc(NC(=O)CN3CCN(Cc4ccccc4)CC3)c(C)c2)CC1. The fourth-order valence-electron chi connectivity index (χ4n) is 4.65. The monoisotopic (exact) mass is 435 g/mol. The van der Waals surface area contributed by atoms with Gasteiger partial charge in [-0.1, -0.05) is 37.3 Å². The Morgan fingerprint density at radius 3 is 2.16 bits per heavy atom. The van der Waals surface area contributed by atoms with Gasteiger partial charge in [-0.05, 0) is 42.8 Å². The summed E-state index contributed by atoms with van der Waals surface area (Å²) in [5.74, 6) is 0.0777. The Labute approximate surface area is 192 Å². The lowest BCUT2D eigenvalue weighted by atomic mass is 10.1. The number of rotatable bonds is 7. The van der Waals surface area contributed by atoms with Crippen LogP contribution in [0.3, 0.4) is 0 Å². The fraction of sp³-hybridized carbons (Fsp3) is 0.500. The van der Waals surface area contributed by atoms with Gasteiger partial charge in [-0.2, -0.15) is 0 Å². The van der Waals surface area contributed by atoms with Gasteiger partial charge in [0.1, 0.15) is 0 Å². The Morgan fingerprint density at radius 2 is 1.50 bits per heavy atom. The third-order valence-electron chi connectivity index (χ3n) is 6.75. The summed E-state index contributed by atoms with van der Waals surface area (Å²) in [6, 6.07) is 17.0. The molecule has 1 N–H and O–H groups in total. The maximum Gasteiger partial charge on any atom is 0.238 e. The van der Waals surface area contributed by atoms with Crippen molar-refractivity contribution < 1.29 is 4.79 Å². The van der Waals surface area contributed by atoms with E-state index in [4.69, 9.17) is 0 Å². The van der Waals surface area contributed by atoms with Crippen molar-refractivity contribution in [3.05, 3.63) is 59.7 Å². The molecule has 0 unspecified atom stereocenters. The van der Waals surface area contributed by atoms with Gasteiger partial charge in [-0.3, -0.25) is 14.6 Å². The number of amides is 1. The Kier molecular flexibility index (Phi) is 7.79. The molecule has 0 atom stereocenters. The average molecular weight is 436 g/mol. The van der Waals surface area contributed by atoms with Crippen molar-refractivity contribution in [1.82, 2.24) is 14.7 Å². The first-order valence-corrected chi connectivity index (χ1v) is 12.0. The fourth-order valence-corrected chi connectivity index (χ4v) is 4.65. The minimum absolute atomic E-state index is 0.0777. The summed E-state index contributed by atoms with van der Waals surface area (Å²) in [4.78, 5) is 22.3. The molecule has 2 aliphatic rings. The predicted molar refractivity (Wildman–Crippen MR) is 132 cm³/mol. The molecule has 0 bridgehead atoms. The molecule has 2 aliphatic heterocycles. The molecule has 0 saturated carbocycles. The maximum absolute atomic E-state index is 12.7. The highest BCUT2D eigenvalue weighted by molar-refractivity contribution is 5.93. The number of benzene rings is 2. The van der Waals surface area contributed by atoms with Gasteiger partial charge >= 0.3 is 0 Å². The van der Waals surface area contributed by atoms with E-state index in [1.807, 2.05) is 0 Å². The third-order valence-corrected chi connectivity index (χ3v) is 6.75. The molecule has 2 saturated heterocycles. The van der Waals surface area contributed by atoms with Gasteiger partial charge in [0.2, 0.25) is 5.91 Å². The average Bonchev–Trinajstić information content (AvgIpc) is 2.82. The summed E-state index contributed by atoms with van der Waals surface area (Å²) < 4.78 is 0. The van der Waals surface area contributed by atoms with E-state index in [1.165, 1.54) is 11.3 Å². The minimum atomic E-state index is 0.0777. The van der Waals surface area contributed by atoms with Crippen molar-refractivity contribution in [2.75, 3.05) is 75.7 Å². The number of anilines is 2. The molecule has 0 aliphatic carbocycles. The first-order valence-electron chi connectivity index (χ1n) is 12.0. The van der Waals surface area contributed by atoms with Gasteiger partial charge in [-0.25, -0.2) is 0 Å². The van der Waals surface area contributed by atoms with Crippen molar-refractivity contribution in [3.63, 3.8) is 0 Å². The van der Waals surface area contributed by atoms with Crippen LogP contribution in [0.2, 0.25) is 0 Å². The molecule has 0 radical (unpaired) electrons. The number of nitrogens with one attached hydrogen (secondary N) is 1. The highest BCUT2D eigenvalue weighted by atomic mass is 16.2. The number of nitrogens with zero attached hydrogens (tertiary/aromatic N) is 4. The highest BCUT2D eigenvalue weighted by Gasteiger charge is 2.20. The summed E-state index contributed by atoms with van der Waals surface area (Å²) in [6.07, 6.45) is 0. The molecule has 0 aromatic heterocycles. The molecule has 1 amide bonds. The third kappa shape index (κ3) is 6.09. The number of likely N-dealkylation sites (N-methyl/N-ethyl adjacent to an activating group) is 1. The largest absolute Gasteiger partial charge is 0.369 e. The zero-order valence-corrected chi connectivity index (χ0v) is 19.6. The molecule has 32 heavy (non-hydrogen) atoms. The Bertz CT molecular complexity index is 871. The zero-order chi connectivity index (χ0) is 22.3. The van der Waals surface area contributed by atoms with Crippen LogP contribution in [0.5, 0.6) is 0 Å². The summed E-state index contributed by atoms with van der Waals surface area (Å²) in [7, 11) is 0. The lowest BCUT2D eigenvalue weighted by Crippen LogP contribution is -2.48. The standard InChI is InChI=1S/C26H37N5O/c1-3-28-15-17-31(18-16-28)24-9-10-25(22(2)19-24)27-26(32)21-30-13-11-29(12-14-30)20-23-7-5-4-6-8-23/h4-10,19H,3,11-18,20-21H2,1-2H3,(H,27,32). The molecule has 6 nitrogen and oxygen atoms in total. The number of aryl methyl sites for hydroxylation is 1. The second-order valence-electron chi connectivity index (χ2n) is 9.01. The van der Waals surface area contributed by atoms with E-state index in [2.05, 4.69) is 87.3 Å². The smallest absolute Gasteiger partial charge is 0.238 e. The molecule has 6 heteroatoms. The summed E-state index contributed by atoms with van der Waals surface area (Å²) in [5.41, 5.74) is 4.66. The molecular weight excluding hydrogens is 398 g/mol. The first-order chi connectivity index (χ1) is 15.6. The quantitative estimate of drug-likeness (QED) is 0.724. The van der Waals surface area contributed by atoms with Crippen molar-refractivity contribution in [2.24, 2.45) is 0 Å². The van der Waals surface area contributed by atoms with E-state index in [9.17, 15) is 4.79 Å². The van der Waals surface area contributed by atoms with Gasteiger partial charge in [0, 0.05) is 70.3 Å². The van der Waals surface area contributed by atoms with Crippen LogP contribution in [0.15, 0.2) is 48.5 Å². The van der Waals surface area contributed by atoms with Crippen molar-refractivity contribution in [2.45, 2.75) is 20.4 Å². The molecule has 2 aromatic rings. The molecular formula is C26H37N5O. The van der Waals surface area contributed by atoms with Crippen LogP contribution in [0.4, 0.5) is 11.4 Å². The van der Waals surface area contributed by atoms with Gasteiger partial charge in [0.25, 0.3) is 0 Å². The van der Waals surface area contributed by atoms with Crippen LogP contribution in [0.1, 0.15) is 18.1 Å². The van der Waals surface area contributed by atoms with Gasteiger partial charge in [0.15, 0.2) is 0 Å². The molecule has 2 aromatic carbocycles. The number of hydrogen-bond donors (Lipinski definition) is 1. The maximum atomic E-state index is 12.7. The number of hydrogen-bond acceptors (Lipinski definition) is 5. The van der Waals surface area contributed by atoms with E-state index in [-0.39, 0.29) is 5.91 Å². The lowest BCUT2D eigenvalue weighted by Gasteiger charge is -2.35. The number of carbonyl (C=O) groups is 1. The van der Waals surface area contributed by atoms with E-state index >= 15 is 0 Å². The molecule has 2 heterocycles. The Hall–Kier alpha value is -2.41. The Morgan fingerprint density at radius 1 is 0.844 bits per heavy atom. The normalized spacial score (nSPS) is 18.6. The van der Waals surface area contributed by atoms with Gasteiger partial charge in [0.05, 0.1) is 6.54 Å². The summed E-state index contributed by atoms with van der Waals surface area (Å²) in [5, 5.41) is 3.13. The first kappa shape index (κ1) is 22.8. The minimum Gasteiger partial charge on any atom is -0.369 e. The molecule has 172 valence electrons. The van der Waals surface area contributed by atoms with Crippen LogP contribution >= 0.6 is 0 Å². The molecule has 2 fully saturated rings. The van der Waals surface area contributed by atoms with E-state index in [0.29, 0.717) is 6.54 Å². The van der Waals surface area contributed by atoms with Gasteiger partial charge in [-0.15, -0.1) is 0 Å². The van der Waals surface area contributed by atoms with Crippen LogP contribution in [-0.2, 0) is 11.3 Å². The molecule has 0 spiro atoms.